The van der Waals surface area contributed by atoms with E-state index in [2.05, 4.69) is 69.1 Å². The first-order valence-electron chi connectivity index (χ1n) is 23.9. The van der Waals surface area contributed by atoms with Crippen molar-refractivity contribution < 1.29 is 23.9 Å². The Morgan fingerprint density at radius 2 is 1.68 bits per heavy atom. The molecule has 4 heterocycles. The van der Waals surface area contributed by atoms with Gasteiger partial charge in [0.2, 0.25) is 17.8 Å². The molecule has 2 aliphatic heterocycles. The number of benzene rings is 2. The fourth-order valence-electron chi connectivity index (χ4n) is 11.8. The highest BCUT2D eigenvalue weighted by molar-refractivity contribution is 6.31. The summed E-state index contributed by atoms with van der Waals surface area (Å²) >= 11 is 6.26. The van der Waals surface area contributed by atoms with Crippen molar-refractivity contribution in [2.75, 3.05) is 54.3 Å². The van der Waals surface area contributed by atoms with E-state index in [1.165, 1.54) is 0 Å². The maximum atomic E-state index is 13.8. The number of carbonyl (C=O) groups excluding carboxylic acids is 3. The molecule has 358 valence electrons. The second-order valence-corrected chi connectivity index (χ2v) is 21.0. The third-order valence-corrected chi connectivity index (χ3v) is 15.7. The van der Waals surface area contributed by atoms with Gasteiger partial charge in [0.1, 0.15) is 35.4 Å². The number of likely N-dealkylation sites (N-methyl/N-ethyl adjacent to an activating group) is 1. The van der Waals surface area contributed by atoms with Crippen LogP contribution in [0.3, 0.4) is 0 Å². The minimum Gasteiger partial charge on any atom is -0.495 e. The summed E-state index contributed by atoms with van der Waals surface area (Å²) in [5, 5.41) is 16.1. The van der Waals surface area contributed by atoms with Crippen molar-refractivity contribution in [1.29, 1.82) is 5.26 Å². The van der Waals surface area contributed by atoms with Crippen molar-refractivity contribution in [3.8, 4) is 17.6 Å². The molecule has 0 radical (unpaired) electrons. The number of nitriles is 1. The number of carbonyl (C=O) groups is 3. The number of hydrogen-bond acceptors (Lipinski definition) is 13. The molecule has 1 saturated heterocycles. The molecule has 9 rings (SSSR count). The Bertz CT molecular complexity index is 2600. The van der Waals surface area contributed by atoms with Gasteiger partial charge < -0.3 is 39.7 Å². The number of ether oxygens (including phenoxy) is 2. The maximum absolute atomic E-state index is 13.8. The van der Waals surface area contributed by atoms with Gasteiger partial charge in [0, 0.05) is 80.2 Å². The fourth-order valence-corrected chi connectivity index (χ4v) is 12.0. The number of aromatic nitrogens is 4. The van der Waals surface area contributed by atoms with Crippen molar-refractivity contribution in [2.45, 2.75) is 116 Å². The topological polar surface area (TPSA) is 182 Å². The number of amides is 3. The van der Waals surface area contributed by atoms with Gasteiger partial charge in [-0.15, -0.1) is 0 Å². The molecular formula is C51H62ClN11O5. The van der Waals surface area contributed by atoms with E-state index in [4.69, 9.17) is 26.1 Å². The van der Waals surface area contributed by atoms with Crippen LogP contribution in [0, 0.1) is 34.0 Å². The first-order chi connectivity index (χ1) is 32.5. The number of nitrogens with zero attached hydrogens (tertiary/aromatic N) is 9. The van der Waals surface area contributed by atoms with Crippen LogP contribution in [-0.2, 0) is 4.79 Å². The van der Waals surface area contributed by atoms with Crippen molar-refractivity contribution in [1.82, 2.24) is 30.2 Å². The van der Waals surface area contributed by atoms with Crippen LogP contribution in [0.25, 0.3) is 0 Å². The summed E-state index contributed by atoms with van der Waals surface area (Å²) in [6.45, 7) is 12.0. The van der Waals surface area contributed by atoms with Gasteiger partial charge in [0.25, 0.3) is 11.8 Å². The normalized spacial score (nSPS) is 23.9. The number of halogens is 1. The summed E-state index contributed by atoms with van der Waals surface area (Å²) < 4.78 is 12.1. The third kappa shape index (κ3) is 8.51. The molecule has 0 unspecified atom stereocenters. The summed E-state index contributed by atoms with van der Waals surface area (Å²) in [5.41, 5.74) is 1.90. The van der Waals surface area contributed by atoms with Crippen LogP contribution in [0.15, 0.2) is 55.0 Å². The molecule has 0 bridgehead atoms. The highest BCUT2D eigenvalue weighted by Crippen LogP contribution is 2.56. The van der Waals surface area contributed by atoms with Gasteiger partial charge in [-0.3, -0.25) is 14.4 Å². The fraction of sp³-hybridized carbons (Fsp3) is 0.529. The van der Waals surface area contributed by atoms with Crippen LogP contribution >= 0.6 is 11.6 Å². The standard InChI is InChI=1S/C51H62ClN11O5/c1-9-39-45(66)61(7)40-26-54-48(58-42(40)63(39)34-12-10-11-13-34)57-38-17-15-31(21-41(38)67-8)44(65)60(6)35-19-29(20-35)18-30-27-62(28-30)49-55-24-33(25-56-49)43(64)59-46-50(2,3)47(51(46,4)5)68-36-16-14-32(23-53)37(52)22-36/h14-17,21-22,24-26,29-30,34-35,39,46-47H,9-13,18-20,27-28H2,1-8H3,(H,59,64)(H,54,57,58)/t29?,35?,39-,46?,47?/m1/s1. The lowest BCUT2D eigenvalue weighted by Gasteiger charge is -2.63. The van der Waals surface area contributed by atoms with Gasteiger partial charge in [-0.1, -0.05) is 59.1 Å². The van der Waals surface area contributed by atoms with Crippen molar-refractivity contribution in [3.63, 3.8) is 0 Å². The second-order valence-electron chi connectivity index (χ2n) is 20.6. The van der Waals surface area contributed by atoms with E-state index >= 15 is 0 Å². The molecule has 5 aliphatic rings. The zero-order valence-corrected chi connectivity index (χ0v) is 41.0. The Morgan fingerprint density at radius 3 is 2.32 bits per heavy atom. The lowest BCUT2D eigenvalue weighted by molar-refractivity contribution is -0.164. The second kappa shape index (κ2) is 18.4. The van der Waals surface area contributed by atoms with E-state index in [1.54, 1.807) is 61.9 Å². The minimum absolute atomic E-state index is 0.0540. The average molecular weight is 945 g/mol. The number of rotatable bonds is 14. The van der Waals surface area contributed by atoms with Crippen LogP contribution < -0.4 is 34.8 Å². The molecule has 2 aromatic heterocycles. The molecular weight excluding hydrogens is 882 g/mol. The van der Waals surface area contributed by atoms with Crippen LogP contribution in [0.2, 0.25) is 5.02 Å². The van der Waals surface area contributed by atoms with Crippen LogP contribution in [0.1, 0.15) is 112 Å². The Balaban J connectivity index is 0.737. The van der Waals surface area contributed by atoms with Gasteiger partial charge in [-0.2, -0.15) is 10.2 Å². The zero-order valence-electron chi connectivity index (χ0n) is 40.3. The van der Waals surface area contributed by atoms with Gasteiger partial charge in [0.15, 0.2) is 5.82 Å². The van der Waals surface area contributed by atoms with Gasteiger partial charge in [0.05, 0.1) is 35.1 Å². The molecule has 3 amide bonds. The van der Waals surface area contributed by atoms with Crippen LogP contribution in [0.4, 0.5) is 29.1 Å². The van der Waals surface area contributed by atoms with Gasteiger partial charge in [-0.25, -0.2) is 15.0 Å². The number of nitrogens with one attached hydrogen (secondary N) is 2. The Kier molecular flexibility index (Phi) is 12.7. The van der Waals surface area contributed by atoms with E-state index in [1.807, 2.05) is 31.0 Å². The SMILES string of the molecule is CC[C@@H]1C(=O)N(C)c2cnc(Nc3ccc(C(=O)N(C)C4CC(CC5CN(c6ncc(C(=O)NC7C(C)(C)C(Oc8ccc(C#N)c(Cl)c8)C7(C)C)cn6)C5)C4)cc3OC)nc2N1C1CCCC1. The van der Waals surface area contributed by atoms with E-state index < -0.39 is 10.8 Å². The summed E-state index contributed by atoms with van der Waals surface area (Å²) in [4.78, 5) is 67.1. The highest BCUT2D eigenvalue weighted by atomic mass is 35.5. The molecule has 0 spiro atoms. The lowest BCUT2D eigenvalue weighted by atomic mass is 9.49. The molecule has 3 saturated carbocycles. The van der Waals surface area contributed by atoms with E-state index in [0.29, 0.717) is 74.7 Å². The molecule has 2 aromatic carbocycles. The zero-order chi connectivity index (χ0) is 48.2. The van der Waals surface area contributed by atoms with Gasteiger partial charge in [-0.05, 0) is 80.7 Å². The smallest absolute Gasteiger partial charge is 0.254 e. The quantitative estimate of drug-likeness (QED) is 0.124. The molecule has 1 atom stereocenters. The van der Waals surface area contributed by atoms with Crippen LogP contribution in [0.5, 0.6) is 11.5 Å². The minimum atomic E-state index is -0.391. The van der Waals surface area contributed by atoms with E-state index in [0.717, 1.165) is 63.9 Å². The monoisotopic (exact) mass is 943 g/mol. The van der Waals surface area contributed by atoms with Gasteiger partial charge >= 0.3 is 0 Å². The Morgan fingerprint density at radius 1 is 0.971 bits per heavy atom. The van der Waals surface area contributed by atoms with Crippen molar-refractivity contribution >= 4 is 58.4 Å². The molecule has 68 heavy (non-hydrogen) atoms. The molecule has 4 fully saturated rings. The maximum Gasteiger partial charge on any atom is 0.254 e. The summed E-state index contributed by atoms with van der Waals surface area (Å²) in [6.07, 6.45) is 12.7. The molecule has 16 nitrogen and oxygen atoms in total. The molecule has 4 aromatic rings. The first kappa shape index (κ1) is 46.9. The van der Waals surface area contributed by atoms with E-state index in [9.17, 15) is 19.6 Å². The number of fused-ring (bicyclic) bond motifs is 1. The predicted molar refractivity (Wildman–Crippen MR) is 261 cm³/mol. The Hall–Kier alpha value is -6.21. The highest BCUT2D eigenvalue weighted by Gasteiger charge is 2.64. The lowest BCUT2D eigenvalue weighted by Crippen LogP contribution is -2.74. The van der Waals surface area contributed by atoms with E-state index in [-0.39, 0.29) is 48.0 Å². The third-order valence-electron chi connectivity index (χ3n) is 15.4. The number of anilines is 5. The Labute approximate surface area is 403 Å². The summed E-state index contributed by atoms with van der Waals surface area (Å²) in [5.74, 6) is 3.69. The average Bonchev–Trinajstić information content (AvgIpc) is 3.84. The van der Waals surface area contributed by atoms with Crippen molar-refractivity contribution in [2.24, 2.45) is 22.7 Å². The number of methoxy groups -OCH3 is 1. The summed E-state index contributed by atoms with van der Waals surface area (Å²) in [7, 11) is 5.26. The summed E-state index contributed by atoms with van der Waals surface area (Å²) in [6, 6.07) is 12.5. The number of hydrogen-bond donors (Lipinski definition) is 2. The first-order valence-corrected chi connectivity index (χ1v) is 24.3. The predicted octanol–water partition coefficient (Wildman–Crippen LogP) is 8.04. The van der Waals surface area contributed by atoms with Crippen molar-refractivity contribution in [3.05, 3.63) is 76.7 Å². The molecule has 3 aliphatic carbocycles. The molecule has 17 heteroatoms. The largest absolute Gasteiger partial charge is 0.495 e. The van der Waals surface area contributed by atoms with Crippen LogP contribution in [-0.4, -0.2) is 107 Å². The molecule has 2 N–H and O–H groups in total.